The number of nitrogen functional groups attached to an aromatic ring is 1. The Bertz CT molecular complexity index is 757. The summed E-state index contributed by atoms with van der Waals surface area (Å²) < 4.78 is 5.78. The Morgan fingerprint density at radius 3 is 2.88 bits per heavy atom. The van der Waals surface area contributed by atoms with Gasteiger partial charge in [0.15, 0.2) is 0 Å². The Hall–Kier alpha value is -2.82. The lowest BCUT2D eigenvalue weighted by Crippen LogP contribution is -2.24. The normalized spacial score (nSPS) is 10.8. The van der Waals surface area contributed by atoms with Crippen molar-refractivity contribution in [2.45, 2.75) is 39.7 Å². The van der Waals surface area contributed by atoms with Crippen LogP contribution in [0.1, 0.15) is 47.8 Å². The number of nitrogens with one attached hydrogen (secondary N) is 1. The van der Waals surface area contributed by atoms with Crippen molar-refractivity contribution in [2.24, 2.45) is 0 Å². The van der Waals surface area contributed by atoms with E-state index in [2.05, 4.69) is 22.5 Å². The molecule has 0 radical (unpaired) electrons. The van der Waals surface area contributed by atoms with Crippen molar-refractivity contribution in [3.8, 4) is 5.75 Å². The Morgan fingerprint density at radius 2 is 2.12 bits per heavy atom. The zero-order valence-electron chi connectivity index (χ0n) is 15.5. The number of unbranched alkanes of at least 4 members (excludes halogenated alkanes) is 2. The van der Waals surface area contributed by atoms with Gasteiger partial charge in [-0.3, -0.25) is 4.79 Å². The van der Waals surface area contributed by atoms with Crippen LogP contribution in [0.25, 0.3) is 0 Å². The number of nitrogens with two attached hydrogens (primary N) is 1. The lowest BCUT2D eigenvalue weighted by atomic mass is 10.2. The van der Waals surface area contributed by atoms with Gasteiger partial charge in [0.25, 0.3) is 5.91 Å². The summed E-state index contributed by atoms with van der Waals surface area (Å²) in [6, 6.07) is 11.2. The smallest absolute Gasteiger partial charge is 0.255 e. The van der Waals surface area contributed by atoms with Crippen LogP contribution in [0.5, 0.6) is 5.75 Å². The number of allylic oxidation sites excluding steroid dienone is 2. The fraction of sp³-hybridized carbons (Fsp3) is 0.333. The maximum Gasteiger partial charge on any atom is 0.255 e. The van der Waals surface area contributed by atoms with Crippen molar-refractivity contribution >= 4 is 11.7 Å². The van der Waals surface area contributed by atoms with E-state index in [1.165, 1.54) is 0 Å². The third-order valence-corrected chi connectivity index (χ3v) is 3.93. The number of aryl methyl sites for hydroxylation is 1. The van der Waals surface area contributed by atoms with Crippen molar-refractivity contribution < 1.29 is 9.53 Å². The third-order valence-electron chi connectivity index (χ3n) is 3.93. The summed E-state index contributed by atoms with van der Waals surface area (Å²) in [6.45, 7) is 4.97. The van der Waals surface area contributed by atoms with E-state index >= 15 is 0 Å². The molecule has 5 heteroatoms. The second-order valence-corrected chi connectivity index (χ2v) is 6.13. The summed E-state index contributed by atoms with van der Waals surface area (Å²) in [7, 11) is 0. The first-order valence-corrected chi connectivity index (χ1v) is 8.94. The Kier molecular flexibility index (Phi) is 7.68. The largest absolute Gasteiger partial charge is 0.494 e. The minimum Gasteiger partial charge on any atom is -0.494 e. The van der Waals surface area contributed by atoms with Crippen molar-refractivity contribution in [3.63, 3.8) is 0 Å². The molecule has 0 aliphatic heterocycles. The van der Waals surface area contributed by atoms with E-state index in [4.69, 9.17) is 10.5 Å². The highest BCUT2D eigenvalue weighted by Crippen LogP contribution is 2.15. The number of benzene rings is 1. The van der Waals surface area contributed by atoms with Gasteiger partial charge in [-0.2, -0.15) is 0 Å². The zero-order valence-corrected chi connectivity index (χ0v) is 15.5. The number of aromatic nitrogens is 1. The van der Waals surface area contributed by atoms with Crippen molar-refractivity contribution in [1.82, 2.24) is 10.3 Å². The van der Waals surface area contributed by atoms with Gasteiger partial charge in [-0.05, 0) is 62.9 Å². The molecule has 0 aliphatic rings. The average Bonchev–Trinajstić information content (AvgIpc) is 2.63. The second-order valence-electron chi connectivity index (χ2n) is 6.13. The van der Waals surface area contributed by atoms with Gasteiger partial charge in [0.2, 0.25) is 0 Å². The van der Waals surface area contributed by atoms with Gasteiger partial charge in [-0.15, -0.1) is 0 Å². The molecule has 2 aromatic rings. The van der Waals surface area contributed by atoms with Gasteiger partial charge < -0.3 is 15.8 Å². The highest BCUT2D eigenvalue weighted by molar-refractivity contribution is 5.98. The lowest BCUT2D eigenvalue weighted by Gasteiger charge is -2.10. The summed E-state index contributed by atoms with van der Waals surface area (Å²) in [4.78, 5) is 16.4. The monoisotopic (exact) mass is 353 g/mol. The Labute approximate surface area is 155 Å². The molecule has 26 heavy (non-hydrogen) atoms. The van der Waals surface area contributed by atoms with Crippen LogP contribution >= 0.6 is 0 Å². The van der Waals surface area contributed by atoms with E-state index in [1.54, 1.807) is 12.1 Å². The molecule has 0 atom stereocenters. The van der Waals surface area contributed by atoms with E-state index < -0.39 is 0 Å². The van der Waals surface area contributed by atoms with Crippen LogP contribution in [0.3, 0.4) is 0 Å². The molecule has 0 unspecified atom stereocenters. The van der Waals surface area contributed by atoms with Crippen LogP contribution in [-0.4, -0.2) is 17.5 Å². The van der Waals surface area contributed by atoms with Crippen LogP contribution in [-0.2, 0) is 6.54 Å². The minimum atomic E-state index is -0.231. The van der Waals surface area contributed by atoms with E-state index in [-0.39, 0.29) is 11.7 Å². The van der Waals surface area contributed by atoms with E-state index in [0.717, 1.165) is 36.3 Å². The average molecular weight is 353 g/mol. The molecule has 3 N–H and O–H groups in total. The highest BCUT2D eigenvalue weighted by atomic mass is 16.5. The van der Waals surface area contributed by atoms with Gasteiger partial charge >= 0.3 is 0 Å². The van der Waals surface area contributed by atoms with Crippen molar-refractivity contribution in [1.29, 1.82) is 0 Å². The first-order chi connectivity index (χ1) is 12.6. The van der Waals surface area contributed by atoms with E-state index in [0.29, 0.717) is 18.7 Å². The van der Waals surface area contributed by atoms with Crippen LogP contribution in [0.2, 0.25) is 0 Å². The molecule has 0 saturated heterocycles. The molecule has 1 aromatic heterocycles. The van der Waals surface area contributed by atoms with Crippen LogP contribution in [0.4, 0.5) is 5.82 Å². The zero-order chi connectivity index (χ0) is 18.8. The second kappa shape index (κ2) is 10.2. The molecule has 1 aromatic carbocycles. The van der Waals surface area contributed by atoms with Gasteiger partial charge in [0.05, 0.1) is 12.2 Å². The number of anilines is 1. The standard InChI is InChI=1S/C21H27N3O2/c1-3-4-5-6-7-13-26-18-10-8-9-17(14-18)15-23-21(25)19-12-11-16(2)24-20(19)22/h3-4,8-12,14H,5-7,13,15H2,1-2H3,(H2,22,24)(H,23,25)/b4-3+. The molecule has 138 valence electrons. The molecular formula is C21H27N3O2. The third kappa shape index (κ3) is 6.24. The van der Waals surface area contributed by atoms with Crippen molar-refractivity contribution in [3.05, 3.63) is 65.4 Å². The molecule has 0 bridgehead atoms. The molecule has 0 saturated carbocycles. The molecule has 2 rings (SSSR count). The molecule has 5 nitrogen and oxygen atoms in total. The lowest BCUT2D eigenvalue weighted by molar-refractivity contribution is 0.0951. The molecule has 0 aliphatic carbocycles. The van der Waals surface area contributed by atoms with Crippen LogP contribution < -0.4 is 15.8 Å². The summed E-state index contributed by atoms with van der Waals surface area (Å²) in [5.74, 6) is 0.835. The van der Waals surface area contributed by atoms with Crippen LogP contribution in [0.15, 0.2) is 48.6 Å². The first kappa shape index (κ1) is 19.5. The Morgan fingerprint density at radius 1 is 1.27 bits per heavy atom. The van der Waals surface area contributed by atoms with Crippen molar-refractivity contribution in [2.75, 3.05) is 12.3 Å². The van der Waals surface area contributed by atoms with Gasteiger partial charge in [0, 0.05) is 12.2 Å². The number of rotatable bonds is 9. The fourth-order valence-corrected chi connectivity index (χ4v) is 2.51. The number of nitrogens with zero attached hydrogens (tertiary/aromatic N) is 1. The quantitative estimate of drug-likeness (QED) is 0.527. The SMILES string of the molecule is C/C=C/CCCCOc1cccc(CNC(=O)c2ccc(C)nc2N)c1. The summed E-state index contributed by atoms with van der Waals surface area (Å²) in [5, 5.41) is 2.87. The van der Waals surface area contributed by atoms with Crippen LogP contribution in [0, 0.1) is 6.92 Å². The topological polar surface area (TPSA) is 77.2 Å². The number of carbonyl (C=O) groups is 1. The van der Waals surface area contributed by atoms with E-state index in [9.17, 15) is 4.79 Å². The highest BCUT2D eigenvalue weighted by Gasteiger charge is 2.10. The predicted molar refractivity (Wildman–Crippen MR) is 105 cm³/mol. The number of hydrogen-bond acceptors (Lipinski definition) is 4. The number of hydrogen-bond donors (Lipinski definition) is 2. The van der Waals surface area contributed by atoms with Gasteiger partial charge in [-0.25, -0.2) is 4.98 Å². The van der Waals surface area contributed by atoms with E-state index in [1.807, 2.05) is 38.1 Å². The number of carbonyl (C=O) groups excluding carboxylic acids is 1. The summed E-state index contributed by atoms with van der Waals surface area (Å²) in [5.41, 5.74) is 7.97. The predicted octanol–water partition coefficient (Wildman–Crippen LogP) is 4.03. The molecular weight excluding hydrogens is 326 g/mol. The number of ether oxygens (including phenoxy) is 1. The summed E-state index contributed by atoms with van der Waals surface area (Å²) >= 11 is 0. The number of amides is 1. The molecule has 1 heterocycles. The minimum absolute atomic E-state index is 0.231. The number of pyridine rings is 1. The fourth-order valence-electron chi connectivity index (χ4n) is 2.51. The van der Waals surface area contributed by atoms with Gasteiger partial charge in [-0.1, -0.05) is 24.3 Å². The molecule has 0 fully saturated rings. The molecule has 1 amide bonds. The maximum absolute atomic E-state index is 12.3. The molecule has 0 spiro atoms. The maximum atomic E-state index is 12.3. The van der Waals surface area contributed by atoms with Gasteiger partial charge in [0.1, 0.15) is 11.6 Å². The first-order valence-electron chi connectivity index (χ1n) is 8.94. The Balaban J connectivity index is 1.83. The summed E-state index contributed by atoms with van der Waals surface area (Å²) in [6.07, 6.45) is 7.46.